The molecule has 0 radical (unpaired) electrons. The molecule has 2 saturated heterocycles. The van der Waals surface area contributed by atoms with Crippen molar-refractivity contribution in [3.63, 3.8) is 0 Å². The third-order valence-electron chi connectivity index (χ3n) is 4.78. The second-order valence-corrected chi connectivity index (χ2v) is 6.90. The molecule has 0 aromatic carbocycles. The van der Waals surface area contributed by atoms with Crippen LogP contribution in [0.25, 0.3) is 0 Å². The van der Waals surface area contributed by atoms with E-state index in [4.69, 9.17) is 4.74 Å². The van der Waals surface area contributed by atoms with Crippen LogP contribution in [-0.4, -0.2) is 48.1 Å². The highest BCUT2D eigenvalue weighted by Crippen LogP contribution is 2.27. The molecular weight excluding hydrogens is 268 g/mol. The van der Waals surface area contributed by atoms with Crippen molar-refractivity contribution >= 4 is 11.8 Å². The summed E-state index contributed by atoms with van der Waals surface area (Å²) in [6.07, 6.45) is 2.72. The Bertz CT molecular complexity index is 404. The van der Waals surface area contributed by atoms with Gasteiger partial charge in [0.2, 0.25) is 11.8 Å². The van der Waals surface area contributed by atoms with Crippen molar-refractivity contribution in [3.8, 4) is 0 Å². The van der Waals surface area contributed by atoms with Gasteiger partial charge in [-0.1, -0.05) is 20.8 Å². The summed E-state index contributed by atoms with van der Waals surface area (Å²) in [5.74, 6) is 0.482. The molecule has 1 N–H and O–H groups in total. The zero-order valence-electron chi connectivity index (χ0n) is 13.6. The summed E-state index contributed by atoms with van der Waals surface area (Å²) in [5.41, 5.74) is -0.766. The van der Waals surface area contributed by atoms with Gasteiger partial charge < -0.3 is 15.0 Å². The molecule has 120 valence electrons. The number of carbonyl (C=O) groups excluding carboxylic acids is 2. The Hall–Kier alpha value is -1.10. The van der Waals surface area contributed by atoms with Gasteiger partial charge in [0.15, 0.2) is 0 Å². The van der Waals surface area contributed by atoms with Gasteiger partial charge in [0.25, 0.3) is 0 Å². The maximum atomic E-state index is 12.9. The second kappa shape index (κ2) is 6.34. The highest BCUT2D eigenvalue weighted by atomic mass is 16.5. The van der Waals surface area contributed by atoms with E-state index < -0.39 is 5.54 Å². The van der Waals surface area contributed by atoms with Crippen molar-refractivity contribution < 1.29 is 14.3 Å². The van der Waals surface area contributed by atoms with Gasteiger partial charge in [-0.2, -0.15) is 0 Å². The number of carbonyl (C=O) groups is 2. The third-order valence-corrected chi connectivity index (χ3v) is 4.78. The van der Waals surface area contributed by atoms with Gasteiger partial charge in [-0.15, -0.1) is 0 Å². The molecule has 5 heteroatoms. The Morgan fingerprint density at radius 2 is 2.14 bits per heavy atom. The summed E-state index contributed by atoms with van der Waals surface area (Å²) in [7, 11) is 0. The summed E-state index contributed by atoms with van der Waals surface area (Å²) in [4.78, 5) is 27.2. The molecule has 2 fully saturated rings. The van der Waals surface area contributed by atoms with Crippen LogP contribution in [0.1, 0.15) is 47.0 Å². The second-order valence-electron chi connectivity index (χ2n) is 6.90. The van der Waals surface area contributed by atoms with Crippen molar-refractivity contribution in [2.75, 3.05) is 19.8 Å². The Labute approximate surface area is 127 Å². The van der Waals surface area contributed by atoms with Crippen LogP contribution >= 0.6 is 0 Å². The van der Waals surface area contributed by atoms with E-state index in [0.29, 0.717) is 25.5 Å². The fourth-order valence-corrected chi connectivity index (χ4v) is 3.31. The molecule has 0 aromatic rings. The SMILES string of the molecule is CCC1(C)NC(=O)C(C(C)C)N(CC2CCCOC2)C1=O. The molecule has 3 unspecified atom stereocenters. The van der Waals surface area contributed by atoms with E-state index in [0.717, 1.165) is 19.4 Å². The van der Waals surface area contributed by atoms with E-state index in [1.54, 1.807) is 0 Å². The normalized spacial score (nSPS) is 34.2. The molecule has 5 nitrogen and oxygen atoms in total. The average Bonchev–Trinajstić information content (AvgIpc) is 2.45. The van der Waals surface area contributed by atoms with Crippen molar-refractivity contribution in [2.24, 2.45) is 11.8 Å². The first-order valence-electron chi connectivity index (χ1n) is 8.10. The Balaban J connectivity index is 2.21. The maximum Gasteiger partial charge on any atom is 0.248 e. The van der Waals surface area contributed by atoms with Gasteiger partial charge in [-0.05, 0) is 38.0 Å². The van der Waals surface area contributed by atoms with Crippen LogP contribution in [0.15, 0.2) is 0 Å². The summed E-state index contributed by atoms with van der Waals surface area (Å²) in [6.45, 7) is 9.89. The van der Waals surface area contributed by atoms with Crippen molar-refractivity contribution in [2.45, 2.75) is 58.5 Å². The van der Waals surface area contributed by atoms with Gasteiger partial charge in [0.05, 0.1) is 6.61 Å². The highest BCUT2D eigenvalue weighted by molar-refractivity contribution is 5.99. The van der Waals surface area contributed by atoms with Gasteiger partial charge in [0.1, 0.15) is 11.6 Å². The van der Waals surface area contributed by atoms with Crippen LogP contribution in [0.3, 0.4) is 0 Å². The standard InChI is InChI=1S/C16H28N2O3/c1-5-16(4)15(20)18(9-12-7-6-8-21-10-12)13(11(2)3)14(19)17-16/h11-13H,5-10H2,1-4H3,(H,17,19). The van der Waals surface area contributed by atoms with E-state index in [1.807, 2.05) is 32.6 Å². The zero-order valence-corrected chi connectivity index (χ0v) is 13.6. The number of hydrogen-bond donors (Lipinski definition) is 1. The molecule has 2 aliphatic heterocycles. The van der Waals surface area contributed by atoms with Crippen LogP contribution in [-0.2, 0) is 14.3 Å². The number of nitrogens with zero attached hydrogens (tertiary/aromatic N) is 1. The summed E-state index contributed by atoms with van der Waals surface area (Å²) >= 11 is 0. The first kappa shape index (κ1) is 16.3. The van der Waals surface area contributed by atoms with Crippen LogP contribution in [0.2, 0.25) is 0 Å². The van der Waals surface area contributed by atoms with Crippen LogP contribution in [0, 0.1) is 11.8 Å². The quantitative estimate of drug-likeness (QED) is 0.856. The molecule has 2 rings (SSSR count). The molecule has 0 saturated carbocycles. The lowest BCUT2D eigenvalue weighted by atomic mass is 9.87. The number of hydrogen-bond acceptors (Lipinski definition) is 3. The van der Waals surface area contributed by atoms with Gasteiger partial charge >= 0.3 is 0 Å². The number of ether oxygens (including phenoxy) is 1. The lowest BCUT2D eigenvalue weighted by Gasteiger charge is -2.46. The molecule has 0 spiro atoms. The fourth-order valence-electron chi connectivity index (χ4n) is 3.31. The van der Waals surface area contributed by atoms with Gasteiger partial charge in [-0.25, -0.2) is 0 Å². The van der Waals surface area contributed by atoms with Crippen molar-refractivity contribution in [1.82, 2.24) is 10.2 Å². The molecule has 2 aliphatic rings. The van der Waals surface area contributed by atoms with Crippen molar-refractivity contribution in [3.05, 3.63) is 0 Å². The molecule has 2 amide bonds. The number of amides is 2. The monoisotopic (exact) mass is 296 g/mol. The largest absolute Gasteiger partial charge is 0.381 e. The van der Waals surface area contributed by atoms with Gasteiger partial charge in [0, 0.05) is 13.2 Å². The lowest BCUT2D eigenvalue weighted by Crippen LogP contribution is -2.70. The average molecular weight is 296 g/mol. The lowest BCUT2D eigenvalue weighted by molar-refractivity contribution is -0.157. The highest BCUT2D eigenvalue weighted by Gasteiger charge is 2.48. The molecule has 2 heterocycles. The number of nitrogens with one attached hydrogen (secondary N) is 1. The maximum absolute atomic E-state index is 12.9. The molecular formula is C16H28N2O3. The van der Waals surface area contributed by atoms with E-state index in [-0.39, 0.29) is 23.8 Å². The Morgan fingerprint density at radius 3 is 2.67 bits per heavy atom. The first-order chi connectivity index (χ1) is 9.89. The number of piperazine rings is 1. The Morgan fingerprint density at radius 1 is 1.43 bits per heavy atom. The predicted molar refractivity (Wildman–Crippen MR) is 80.7 cm³/mol. The molecule has 0 aliphatic carbocycles. The Kier molecular flexibility index (Phi) is 4.91. The molecule has 3 atom stereocenters. The van der Waals surface area contributed by atoms with E-state index >= 15 is 0 Å². The van der Waals surface area contributed by atoms with E-state index in [9.17, 15) is 9.59 Å². The predicted octanol–water partition coefficient (Wildman–Crippen LogP) is 1.56. The van der Waals surface area contributed by atoms with Crippen LogP contribution in [0.4, 0.5) is 0 Å². The minimum atomic E-state index is -0.766. The topological polar surface area (TPSA) is 58.6 Å². The van der Waals surface area contributed by atoms with Crippen LogP contribution in [0.5, 0.6) is 0 Å². The van der Waals surface area contributed by atoms with E-state index in [1.165, 1.54) is 0 Å². The summed E-state index contributed by atoms with van der Waals surface area (Å²) in [5, 5.41) is 2.93. The molecule has 21 heavy (non-hydrogen) atoms. The zero-order chi connectivity index (χ0) is 15.6. The van der Waals surface area contributed by atoms with Crippen LogP contribution < -0.4 is 5.32 Å². The first-order valence-corrected chi connectivity index (χ1v) is 8.10. The smallest absolute Gasteiger partial charge is 0.248 e. The third kappa shape index (κ3) is 3.23. The number of rotatable bonds is 4. The van der Waals surface area contributed by atoms with E-state index in [2.05, 4.69) is 5.32 Å². The summed E-state index contributed by atoms with van der Waals surface area (Å²) < 4.78 is 5.52. The van der Waals surface area contributed by atoms with Crippen molar-refractivity contribution in [1.29, 1.82) is 0 Å². The minimum absolute atomic E-state index is 0.0225. The minimum Gasteiger partial charge on any atom is -0.381 e. The summed E-state index contributed by atoms with van der Waals surface area (Å²) in [6, 6.07) is -0.362. The fraction of sp³-hybridized carbons (Fsp3) is 0.875. The molecule has 0 aromatic heterocycles. The molecule has 0 bridgehead atoms. The van der Waals surface area contributed by atoms with Gasteiger partial charge in [-0.3, -0.25) is 9.59 Å².